The zero-order valence-corrected chi connectivity index (χ0v) is 12.4. The minimum Gasteiger partial charge on any atom is -0.306 e. The zero-order valence-electron chi connectivity index (χ0n) is 12.4. The van der Waals surface area contributed by atoms with Crippen molar-refractivity contribution < 1.29 is 4.39 Å². The number of aromatic nitrogens is 4. The Bertz CT molecular complexity index is 729. The van der Waals surface area contributed by atoms with E-state index in [2.05, 4.69) is 27.5 Å². The van der Waals surface area contributed by atoms with E-state index in [0.29, 0.717) is 6.54 Å². The molecule has 0 unspecified atom stereocenters. The molecule has 0 atom stereocenters. The van der Waals surface area contributed by atoms with E-state index in [1.807, 2.05) is 23.0 Å². The molecule has 2 aromatic heterocycles. The zero-order chi connectivity index (χ0) is 15.4. The van der Waals surface area contributed by atoms with Crippen LogP contribution in [0.5, 0.6) is 0 Å². The number of nitrogens with one attached hydrogen (secondary N) is 2. The third-order valence-corrected chi connectivity index (χ3v) is 3.50. The second-order valence-corrected chi connectivity index (χ2v) is 5.03. The van der Waals surface area contributed by atoms with Gasteiger partial charge in [0.05, 0.1) is 11.4 Å². The molecular formula is C16H18FN5. The second kappa shape index (κ2) is 6.53. The first kappa shape index (κ1) is 14.5. The van der Waals surface area contributed by atoms with E-state index in [-0.39, 0.29) is 5.82 Å². The molecule has 22 heavy (non-hydrogen) atoms. The molecule has 0 radical (unpaired) electrons. The highest BCUT2D eigenvalue weighted by molar-refractivity contribution is 5.58. The Labute approximate surface area is 128 Å². The Morgan fingerprint density at radius 2 is 2.00 bits per heavy atom. The van der Waals surface area contributed by atoms with Gasteiger partial charge in [-0.2, -0.15) is 10.2 Å². The largest absolute Gasteiger partial charge is 0.306 e. The summed E-state index contributed by atoms with van der Waals surface area (Å²) in [5.74, 6) is -0.242. The van der Waals surface area contributed by atoms with Crippen molar-refractivity contribution in [3.8, 4) is 11.3 Å². The van der Waals surface area contributed by atoms with E-state index in [1.54, 1.807) is 12.1 Å². The first-order chi connectivity index (χ1) is 10.8. The number of hydrogen-bond acceptors (Lipinski definition) is 3. The summed E-state index contributed by atoms with van der Waals surface area (Å²) >= 11 is 0. The van der Waals surface area contributed by atoms with E-state index < -0.39 is 0 Å². The maximum Gasteiger partial charge on any atom is 0.123 e. The van der Waals surface area contributed by atoms with Gasteiger partial charge in [-0.15, -0.1) is 0 Å². The van der Waals surface area contributed by atoms with Gasteiger partial charge in [0.25, 0.3) is 0 Å². The summed E-state index contributed by atoms with van der Waals surface area (Å²) in [5.41, 5.74) is 3.85. The van der Waals surface area contributed by atoms with Gasteiger partial charge < -0.3 is 5.32 Å². The Kier molecular flexibility index (Phi) is 4.29. The summed E-state index contributed by atoms with van der Waals surface area (Å²) < 4.78 is 14.9. The summed E-state index contributed by atoms with van der Waals surface area (Å²) in [6.07, 6.45) is 1.81. The highest BCUT2D eigenvalue weighted by Gasteiger charge is 2.05. The first-order valence-corrected chi connectivity index (χ1v) is 7.28. The SMILES string of the molecule is CCn1nccc1CNCc1cc(-c2ccc(F)cc2)n[nH]1. The molecule has 2 heterocycles. The number of aryl methyl sites for hydroxylation is 1. The van der Waals surface area contributed by atoms with Gasteiger partial charge in [-0.1, -0.05) is 0 Å². The number of nitrogens with zero attached hydrogens (tertiary/aromatic N) is 3. The molecule has 0 saturated carbocycles. The lowest BCUT2D eigenvalue weighted by atomic mass is 10.1. The lowest BCUT2D eigenvalue weighted by Crippen LogP contribution is -2.16. The van der Waals surface area contributed by atoms with Crippen molar-refractivity contribution >= 4 is 0 Å². The lowest BCUT2D eigenvalue weighted by Gasteiger charge is -2.05. The van der Waals surface area contributed by atoms with E-state index in [1.165, 1.54) is 12.1 Å². The number of rotatable bonds is 6. The average Bonchev–Trinajstić information content (AvgIpc) is 3.17. The number of H-pyrrole nitrogens is 1. The van der Waals surface area contributed by atoms with Crippen LogP contribution in [0.4, 0.5) is 4.39 Å². The molecule has 6 heteroatoms. The van der Waals surface area contributed by atoms with Crippen LogP contribution in [0.2, 0.25) is 0 Å². The summed E-state index contributed by atoms with van der Waals surface area (Å²) in [7, 11) is 0. The Morgan fingerprint density at radius 1 is 1.18 bits per heavy atom. The van der Waals surface area contributed by atoms with Crippen LogP contribution >= 0.6 is 0 Å². The molecule has 0 bridgehead atoms. The molecule has 3 rings (SSSR count). The maximum atomic E-state index is 12.9. The molecule has 1 aromatic carbocycles. The van der Waals surface area contributed by atoms with Crippen molar-refractivity contribution in [1.82, 2.24) is 25.3 Å². The molecule has 3 aromatic rings. The molecule has 0 aliphatic heterocycles. The average molecular weight is 299 g/mol. The summed E-state index contributed by atoms with van der Waals surface area (Å²) in [4.78, 5) is 0. The number of aromatic amines is 1. The van der Waals surface area contributed by atoms with Crippen molar-refractivity contribution in [2.75, 3.05) is 0 Å². The van der Waals surface area contributed by atoms with E-state index in [0.717, 1.165) is 35.7 Å². The van der Waals surface area contributed by atoms with E-state index >= 15 is 0 Å². The predicted molar refractivity (Wildman–Crippen MR) is 82.4 cm³/mol. The summed E-state index contributed by atoms with van der Waals surface area (Å²) in [6.45, 7) is 4.37. The fourth-order valence-corrected chi connectivity index (χ4v) is 2.34. The normalized spacial score (nSPS) is 11.0. The molecule has 0 aliphatic carbocycles. The third-order valence-electron chi connectivity index (χ3n) is 3.50. The van der Waals surface area contributed by atoms with Crippen LogP contribution in [0.3, 0.4) is 0 Å². The molecule has 5 nitrogen and oxygen atoms in total. The van der Waals surface area contributed by atoms with Crippen LogP contribution in [-0.4, -0.2) is 20.0 Å². The van der Waals surface area contributed by atoms with Crippen LogP contribution in [0.25, 0.3) is 11.3 Å². The van der Waals surface area contributed by atoms with Gasteiger partial charge in [-0.25, -0.2) is 4.39 Å². The van der Waals surface area contributed by atoms with Gasteiger partial charge in [0.2, 0.25) is 0 Å². The monoisotopic (exact) mass is 299 g/mol. The minimum atomic E-state index is -0.242. The standard InChI is InChI=1S/C16H18FN5/c1-2-22-15(7-8-19-22)11-18-10-14-9-16(21-20-14)12-3-5-13(17)6-4-12/h3-9,18H,2,10-11H2,1H3,(H,20,21). The van der Waals surface area contributed by atoms with Crippen LogP contribution in [0.1, 0.15) is 18.3 Å². The van der Waals surface area contributed by atoms with Crippen molar-refractivity contribution in [2.24, 2.45) is 0 Å². The highest BCUT2D eigenvalue weighted by Crippen LogP contribution is 2.17. The lowest BCUT2D eigenvalue weighted by molar-refractivity contribution is 0.578. The molecule has 0 aliphatic rings. The molecular weight excluding hydrogens is 281 g/mol. The Hall–Kier alpha value is -2.47. The van der Waals surface area contributed by atoms with Crippen LogP contribution < -0.4 is 5.32 Å². The van der Waals surface area contributed by atoms with Gasteiger partial charge in [-0.3, -0.25) is 9.78 Å². The smallest absolute Gasteiger partial charge is 0.123 e. The van der Waals surface area contributed by atoms with Crippen molar-refractivity contribution in [3.63, 3.8) is 0 Å². The molecule has 114 valence electrons. The molecule has 2 N–H and O–H groups in total. The molecule has 0 saturated heterocycles. The van der Waals surface area contributed by atoms with Crippen molar-refractivity contribution in [1.29, 1.82) is 0 Å². The summed E-state index contributed by atoms with van der Waals surface area (Å²) in [6, 6.07) is 10.3. The molecule has 0 spiro atoms. The Morgan fingerprint density at radius 3 is 2.77 bits per heavy atom. The van der Waals surface area contributed by atoms with Gasteiger partial charge in [0, 0.05) is 37.1 Å². The fraction of sp³-hybridized carbons (Fsp3) is 0.250. The topological polar surface area (TPSA) is 58.5 Å². The van der Waals surface area contributed by atoms with Gasteiger partial charge >= 0.3 is 0 Å². The quantitative estimate of drug-likeness (QED) is 0.736. The van der Waals surface area contributed by atoms with Crippen molar-refractivity contribution in [2.45, 2.75) is 26.6 Å². The van der Waals surface area contributed by atoms with Gasteiger partial charge in [0.15, 0.2) is 0 Å². The third kappa shape index (κ3) is 3.23. The first-order valence-electron chi connectivity index (χ1n) is 7.28. The second-order valence-electron chi connectivity index (χ2n) is 5.03. The van der Waals surface area contributed by atoms with Crippen LogP contribution in [0.15, 0.2) is 42.6 Å². The maximum absolute atomic E-state index is 12.9. The van der Waals surface area contributed by atoms with E-state index in [4.69, 9.17) is 0 Å². The van der Waals surface area contributed by atoms with Crippen molar-refractivity contribution in [3.05, 3.63) is 59.8 Å². The molecule has 0 fully saturated rings. The van der Waals surface area contributed by atoms with E-state index in [9.17, 15) is 4.39 Å². The fourth-order valence-electron chi connectivity index (χ4n) is 2.34. The summed E-state index contributed by atoms with van der Waals surface area (Å²) in [5, 5.41) is 14.9. The minimum absolute atomic E-state index is 0.242. The molecule has 0 amide bonds. The van der Waals surface area contributed by atoms with Crippen LogP contribution in [0, 0.1) is 5.82 Å². The Balaban J connectivity index is 1.59. The van der Waals surface area contributed by atoms with Gasteiger partial charge in [-0.05, 0) is 43.3 Å². The number of benzene rings is 1. The highest BCUT2D eigenvalue weighted by atomic mass is 19.1. The number of hydrogen-bond donors (Lipinski definition) is 2. The van der Waals surface area contributed by atoms with Crippen LogP contribution in [-0.2, 0) is 19.6 Å². The van der Waals surface area contributed by atoms with Gasteiger partial charge in [0.1, 0.15) is 5.82 Å². The number of halogens is 1. The predicted octanol–water partition coefficient (Wildman–Crippen LogP) is 2.72.